The molecule has 0 unspecified atom stereocenters. The second-order valence-electron chi connectivity index (χ2n) is 5.62. The lowest BCUT2D eigenvalue weighted by molar-refractivity contribution is -0.158. The van der Waals surface area contributed by atoms with Crippen molar-refractivity contribution in [2.75, 3.05) is 0 Å². The Bertz CT molecular complexity index is 485. The zero-order valence-electron chi connectivity index (χ0n) is 11.3. The van der Waals surface area contributed by atoms with Gasteiger partial charge in [-0.15, -0.1) is 0 Å². The Labute approximate surface area is 102 Å². The first-order chi connectivity index (χ1) is 7.68. The molecule has 1 aliphatic rings. The number of rotatable bonds is 1. The first-order valence-electron chi connectivity index (χ1n) is 5.74. The van der Waals surface area contributed by atoms with Crippen molar-refractivity contribution in [3.05, 3.63) is 17.5 Å². The largest absolute Gasteiger partial charge is 0.272 e. The van der Waals surface area contributed by atoms with Gasteiger partial charge in [0.15, 0.2) is 5.84 Å². The van der Waals surface area contributed by atoms with E-state index in [1.165, 1.54) is 0 Å². The summed E-state index contributed by atoms with van der Waals surface area (Å²) in [6, 6.07) is 0. The fourth-order valence-electron chi connectivity index (χ4n) is 1.85. The maximum absolute atomic E-state index is 12.4. The Hall–Kier alpha value is -1.36. The Morgan fingerprint density at radius 2 is 1.82 bits per heavy atom. The molecule has 0 N–H and O–H groups in total. The SMILES string of the molecule is Cc1c(C2=NC(C)(C)C(C)(C)N2[O])cnn1C. The van der Waals surface area contributed by atoms with Crippen LogP contribution >= 0.6 is 0 Å². The molecule has 93 valence electrons. The Balaban J connectivity index is 2.52. The first kappa shape index (κ1) is 12.1. The van der Waals surface area contributed by atoms with E-state index in [1.807, 2.05) is 41.7 Å². The van der Waals surface area contributed by atoms with Crippen molar-refractivity contribution < 1.29 is 5.21 Å². The molecule has 17 heavy (non-hydrogen) atoms. The topological polar surface area (TPSA) is 53.3 Å². The molecule has 0 spiro atoms. The van der Waals surface area contributed by atoms with E-state index >= 15 is 0 Å². The van der Waals surface area contributed by atoms with Gasteiger partial charge in [0.1, 0.15) is 0 Å². The highest BCUT2D eigenvalue weighted by Gasteiger charge is 2.50. The molecule has 0 saturated carbocycles. The molecular formula is C12H19N4O. The van der Waals surface area contributed by atoms with Crippen LogP contribution in [0.15, 0.2) is 11.2 Å². The molecule has 0 bridgehead atoms. The number of amidine groups is 1. The van der Waals surface area contributed by atoms with Crippen molar-refractivity contribution in [1.29, 1.82) is 0 Å². The van der Waals surface area contributed by atoms with E-state index in [0.717, 1.165) is 16.3 Å². The van der Waals surface area contributed by atoms with Gasteiger partial charge in [0.2, 0.25) is 0 Å². The van der Waals surface area contributed by atoms with Crippen molar-refractivity contribution in [3.8, 4) is 0 Å². The van der Waals surface area contributed by atoms with Gasteiger partial charge >= 0.3 is 0 Å². The molecule has 0 amide bonds. The molecule has 0 aliphatic carbocycles. The minimum atomic E-state index is -0.537. The Morgan fingerprint density at radius 1 is 1.24 bits per heavy atom. The standard InChI is InChI=1S/C12H19N4O/c1-8-9(7-13-15(8)6)10-14-11(2,3)12(4,5)16(10)17/h7H,1-6H3. The summed E-state index contributed by atoms with van der Waals surface area (Å²) in [5.41, 5.74) is 0.844. The number of aromatic nitrogens is 2. The predicted molar refractivity (Wildman–Crippen MR) is 65.2 cm³/mol. The number of hydroxylamine groups is 2. The van der Waals surface area contributed by atoms with Crippen molar-refractivity contribution in [2.24, 2.45) is 12.0 Å². The molecule has 5 heteroatoms. The first-order valence-corrected chi connectivity index (χ1v) is 5.74. The smallest absolute Gasteiger partial charge is 0.163 e. The minimum Gasteiger partial charge on any atom is -0.272 e. The second-order valence-corrected chi connectivity index (χ2v) is 5.62. The molecule has 1 aromatic rings. The maximum Gasteiger partial charge on any atom is 0.163 e. The van der Waals surface area contributed by atoms with Gasteiger partial charge in [-0.2, -0.15) is 10.2 Å². The monoisotopic (exact) mass is 235 g/mol. The van der Waals surface area contributed by atoms with Gasteiger partial charge in [0, 0.05) is 12.7 Å². The fourth-order valence-corrected chi connectivity index (χ4v) is 1.85. The highest BCUT2D eigenvalue weighted by molar-refractivity contribution is 6.01. The second kappa shape index (κ2) is 3.32. The number of hydrogen-bond acceptors (Lipinski definition) is 3. The van der Waals surface area contributed by atoms with Crippen LogP contribution in [0.25, 0.3) is 0 Å². The number of nitrogens with zero attached hydrogens (tertiary/aromatic N) is 4. The van der Waals surface area contributed by atoms with E-state index in [4.69, 9.17) is 0 Å². The highest BCUT2D eigenvalue weighted by Crippen LogP contribution is 2.38. The van der Waals surface area contributed by atoms with E-state index in [0.29, 0.717) is 5.84 Å². The van der Waals surface area contributed by atoms with Gasteiger partial charge in [0.05, 0.1) is 22.8 Å². The van der Waals surface area contributed by atoms with Crippen LogP contribution in [0.1, 0.15) is 39.0 Å². The Morgan fingerprint density at radius 3 is 2.18 bits per heavy atom. The van der Waals surface area contributed by atoms with Crippen molar-refractivity contribution in [2.45, 2.75) is 45.7 Å². The van der Waals surface area contributed by atoms with Gasteiger partial charge < -0.3 is 0 Å². The average molecular weight is 235 g/mol. The molecule has 0 aromatic carbocycles. The molecule has 2 heterocycles. The highest BCUT2D eigenvalue weighted by atomic mass is 16.5. The van der Waals surface area contributed by atoms with E-state index in [2.05, 4.69) is 10.1 Å². The molecule has 0 saturated heterocycles. The van der Waals surface area contributed by atoms with Gasteiger partial charge in [-0.05, 0) is 34.6 Å². The van der Waals surface area contributed by atoms with Gasteiger partial charge in [-0.3, -0.25) is 9.67 Å². The third-order valence-electron chi connectivity index (χ3n) is 4.06. The average Bonchev–Trinajstić information content (AvgIpc) is 2.61. The van der Waals surface area contributed by atoms with Crippen LogP contribution in [0, 0.1) is 6.92 Å². The molecule has 1 radical (unpaired) electrons. The van der Waals surface area contributed by atoms with Crippen LogP contribution in [-0.2, 0) is 12.3 Å². The van der Waals surface area contributed by atoms with Crippen molar-refractivity contribution >= 4 is 5.84 Å². The van der Waals surface area contributed by atoms with Crippen molar-refractivity contribution in [1.82, 2.24) is 14.8 Å². The summed E-state index contributed by atoms with van der Waals surface area (Å²) in [4.78, 5) is 4.58. The third-order valence-corrected chi connectivity index (χ3v) is 4.06. The lowest BCUT2D eigenvalue weighted by Crippen LogP contribution is -2.50. The van der Waals surface area contributed by atoms with Gasteiger partial charge in [0.25, 0.3) is 0 Å². The van der Waals surface area contributed by atoms with Crippen molar-refractivity contribution in [3.63, 3.8) is 0 Å². The molecule has 1 aliphatic heterocycles. The molecule has 2 rings (SSSR count). The van der Waals surface area contributed by atoms with Gasteiger partial charge in [-0.1, -0.05) is 5.21 Å². The van der Waals surface area contributed by atoms with E-state index in [1.54, 1.807) is 10.9 Å². The fraction of sp³-hybridized carbons (Fsp3) is 0.667. The van der Waals surface area contributed by atoms with E-state index < -0.39 is 11.1 Å². The van der Waals surface area contributed by atoms with Crippen LogP contribution in [0.4, 0.5) is 0 Å². The number of aliphatic imine (C=N–C) groups is 1. The summed E-state index contributed by atoms with van der Waals surface area (Å²) in [5.74, 6) is 0.491. The molecule has 0 atom stereocenters. The summed E-state index contributed by atoms with van der Waals surface area (Å²) in [5, 5.41) is 17.5. The maximum atomic E-state index is 12.4. The summed E-state index contributed by atoms with van der Waals surface area (Å²) in [6.07, 6.45) is 1.70. The third kappa shape index (κ3) is 1.49. The van der Waals surface area contributed by atoms with Crippen LogP contribution in [0.2, 0.25) is 0 Å². The molecular weight excluding hydrogens is 216 g/mol. The van der Waals surface area contributed by atoms with Crippen LogP contribution in [0.5, 0.6) is 0 Å². The normalized spacial score (nSPS) is 21.8. The van der Waals surface area contributed by atoms with Gasteiger partial charge in [-0.25, -0.2) is 0 Å². The molecule has 1 aromatic heterocycles. The number of hydrogen-bond donors (Lipinski definition) is 0. The summed E-state index contributed by atoms with van der Waals surface area (Å²) < 4.78 is 1.75. The summed E-state index contributed by atoms with van der Waals surface area (Å²) >= 11 is 0. The zero-order chi connectivity index (χ0) is 13.0. The van der Waals surface area contributed by atoms with E-state index in [9.17, 15) is 5.21 Å². The molecule has 5 nitrogen and oxygen atoms in total. The van der Waals surface area contributed by atoms with E-state index in [-0.39, 0.29) is 0 Å². The lowest BCUT2D eigenvalue weighted by Gasteiger charge is -2.35. The van der Waals surface area contributed by atoms with Crippen LogP contribution in [-0.4, -0.2) is 31.8 Å². The van der Waals surface area contributed by atoms with Crippen LogP contribution in [0.3, 0.4) is 0 Å². The Kier molecular flexibility index (Phi) is 2.36. The lowest BCUT2D eigenvalue weighted by atomic mass is 9.84. The summed E-state index contributed by atoms with van der Waals surface area (Å²) in [6.45, 7) is 9.74. The number of aryl methyl sites for hydroxylation is 1. The minimum absolute atomic E-state index is 0.396. The molecule has 0 fully saturated rings. The predicted octanol–water partition coefficient (Wildman–Crippen LogP) is 1.69. The van der Waals surface area contributed by atoms with Crippen LogP contribution < -0.4 is 0 Å². The zero-order valence-corrected chi connectivity index (χ0v) is 11.3. The quantitative estimate of drug-likeness (QED) is 0.743. The summed E-state index contributed by atoms with van der Waals surface area (Å²) in [7, 11) is 1.86.